The van der Waals surface area contributed by atoms with Crippen LogP contribution in [-0.2, 0) is 4.79 Å². The summed E-state index contributed by atoms with van der Waals surface area (Å²) in [7, 11) is 0. The number of hydrogen-bond donors (Lipinski definition) is 1. The highest BCUT2D eigenvalue weighted by molar-refractivity contribution is 9.13. The molecule has 0 spiro atoms. The first-order chi connectivity index (χ1) is 12.4. The summed E-state index contributed by atoms with van der Waals surface area (Å²) in [6.45, 7) is 1.79. The van der Waals surface area contributed by atoms with Gasteiger partial charge in [-0.25, -0.2) is 4.39 Å². The Hall–Kier alpha value is -1.72. The normalized spacial score (nSPS) is 22.5. The summed E-state index contributed by atoms with van der Waals surface area (Å²) in [6, 6.07) is 15.0. The fraction of sp³-hybridized carbons (Fsp3) is 0.190. The average molecular weight is 479 g/mol. The van der Waals surface area contributed by atoms with Gasteiger partial charge in [0.25, 0.3) is 0 Å². The summed E-state index contributed by atoms with van der Waals surface area (Å²) in [5.41, 5.74) is 1.06. The van der Waals surface area contributed by atoms with E-state index in [0.717, 1.165) is 20.2 Å². The van der Waals surface area contributed by atoms with Crippen molar-refractivity contribution in [2.75, 3.05) is 5.32 Å². The van der Waals surface area contributed by atoms with E-state index < -0.39 is 5.67 Å². The summed E-state index contributed by atoms with van der Waals surface area (Å²) in [6.07, 6.45) is 5.18. The monoisotopic (exact) mass is 477 g/mol. The Morgan fingerprint density at radius 2 is 1.92 bits per heavy atom. The number of carbonyl (C=O) groups excluding carboxylic acids is 1. The van der Waals surface area contributed by atoms with Gasteiger partial charge in [0, 0.05) is 26.6 Å². The van der Waals surface area contributed by atoms with Gasteiger partial charge in [-0.3, -0.25) is 4.79 Å². The number of carbonyl (C=O) groups is 1. The van der Waals surface area contributed by atoms with Crippen LogP contribution in [0.2, 0.25) is 0 Å². The molecule has 0 saturated heterocycles. The average Bonchev–Trinajstić information content (AvgIpc) is 3.28. The van der Waals surface area contributed by atoms with Gasteiger partial charge in [-0.2, -0.15) is 0 Å². The fourth-order valence-corrected chi connectivity index (χ4v) is 3.43. The summed E-state index contributed by atoms with van der Waals surface area (Å²) in [5.74, 6) is -0.371. The molecular weight excluding hydrogens is 461 g/mol. The molecule has 0 aliphatic heterocycles. The lowest BCUT2D eigenvalue weighted by Gasteiger charge is -2.05. The van der Waals surface area contributed by atoms with Gasteiger partial charge in [0.15, 0.2) is 0 Å². The van der Waals surface area contributed by atoms with Crippen molar-refractivity contribution in [2.24, 2.45) is 0 Å². The highest BCUT2D eigenvalue weighted by atomic mass is 79.9. The molecule has 26 heavy (non-hydrogen) atoms. The Morgan fingerprint density at radius 1 is 1.19 bits per heavy atom. The lowest BCUT2D eigenvalue weighted by Crippen LogP contribution is -2.08. The number of benzene rings is 2. The number of rotatable bonds is 5. The zero-order valence-corrected chi connectivity index (χ0v) is 17.3. The zero-order chi connectivity index (χ0) is 18.7. The van der Waals surface area contributed by atoms with E-state index in [1.54, 1.807) is 19.1 Å². The smallest absolute Gasteiger partial charge is 0.248 e. The molecule has 2 unspecified atom stereocenters. The van der Waals surface area contributed by atoms with Crippen molar-refractivity contribution in [3.8, 4) is 0 Å². The van der Waals surface area contributed by atoms with Crippen molar-refractivity contribution in [1.29, 1.82) is 0 Å². The number of amides is 1. The molecule has 1 aliphatic carbocycles. The molecule has 1 amide bonds. The van der Waals surface area contributed by atoms with Gasteiger partial charge in [-0.15, -0.1) is 0 Å². The van der Waals surface area contributed by atoms with Crippen LogP contribution in [0.15, 0.2) is 81.3 Å². The van der Waals surface area contributed by atoms with Gasteiger partial charge in [-0.05, 0) is 86.7 Å². The van der Waals surface area contributed by atoms with Crippen molar-refractivity contribution in [3.05, 3.63) is 86.8 Å². The van der Waals surface area contributed by atoms with E-state index >= 15 is 0 Å². The van der Waals surface area contributed by atoms with E-state index in [9.17, 15) is 9.18 Å². The minimum absolute atomic E-state index is 0.144. The lowest BCUT2D eigenvalue weighted by atomic mass is 10.1. The van der Waals surface area contributed by atoms with Gasteiger partial charge in [-0.1, -0.05) is 30.3 Å². The molecule has 1 N–H and O–H groups in total. The maximum Gasteiger partial charge on any atom is 0.248 e. The Balaban J connectivity index is 1.62. The summed E-state index contributed by atoms with van der Waals surface area (Å²) in [5, 5.41) is 2.78. The molecule has 1 aliphatic rings. The number of alkyl halides is 1. The molecule has 1 fully saturated rings. The van der Waals surface area contributed by atoms with Crippen LogP contribution in [-0.4, -0.2) is 11.6 Å². The number of anilines is 1. The second-order valence-electron chi connectivity index (χ2n) is 6.43. The predicted molar refractivity (Wildman–Crippen MR) is 111 cm³/mol. The molecule has 5 heteroatoms. The van der Waals surface area contributed by atoms with Crippen LogP contribution in [0, 0.1) is 0 Å². The Labute approximate surface area is 169 Å². The summed E-state index contributed by atoms with van der Waals surface area (Å²) in [4.78, 5) is 12.0. The molecule has 1 saturated carbocycles. The van der Waals surface area contributed by atoms with Crippen LogP contribution in [0.4, 0.5) is 10.1 Å². The molecule has 0 bridgehead atoms. The molecule has 2 aromatic rings. The number of hydrogen-bond acceptors (Lipinski definition) is 1. The first kappa shape index (κ1) is 19.1. The SMILES string of the molecule is CC(/C=C/C1(F)CC1c1ccc(Br)c(Br)c1)=C\C(=O)Nc1ccccc1. The Kier molecular flexibility index (Phi) is 5.78. The maximum atomic E-state index is 14.9. The molecule has 2 nitrogen and oxygen atoms in total. The van der Waals surface area contributed by atoms with Crippen LogP contribution in [0.5, 0.6) is 0 Å². The zero-order valence-electron chi connectivity index (χ0n) is 14.2. The van der Waals surface area contributed by atoms with Gasteiger partial charge in [0.2, 0.25) is 5.91 Å². The van der Waals surface area contributed by atoms with Crippen molar-refractivity contribution < 1.29 is 9.18 Å². The number of halogens is 3. The second kappa shape index (κ2) is 7.89. The molecule has 3 rings (SSSR count). The molecule has 0 heterocycles. The highest BCUT2D eigenvalue weighted by Gasteiger charge is 2.54. The van der Waals surface area contributed by atoms with Gasteiger partial charge in [0.05, 0.1) is 0 Å². The quantitative estimate of drug-likeness (QED) is 0.383. The van der Waals surface area contributed by atoms with E-state index in [-0.39, 0.29) is 11.8 Å². The summed E-state index contributed by atoms with van der Waals surface area (Å²) >= 11 is 6.88. The largest absolute Gasteiger partial charge is 0.323 e. The molecule has 2 aromatic carbocycles. The molecule has 134 valence electrons. The van der Waals surface area contributed by atoms with Gasteiger partial charge in [0.1, 0.15) is 5.67 Å². The molecular formula is C21H18Br2FNO. The number of allylic oxidation sites excluding steroid dienone is 3. The van der Waals surface area contributed by atoms with E-state index in [4.69, 9.17) is 0 Å². The lowest BCUT2D eigenvalue weighted by molar-refractivity contribution is -0.111. The highest BCUT2D eigenvalue weighted by Crippen LogP contribution is 2.56. The Bertz CT molecular complexity index is 879. The topological polar surface area (TPSA) is 29.1 Å². The van der Waals surface area contributed by atoms with Gasteiger partial charge >= 0.3 is 0 Å². The van der Waals surface area contributed by atoms with Crippen LogP contribution in [0.1, 0.15) is 24.8 Å². The minimum Gasteiger partial charge on any atom is -0.323 e. The third kappa shape index (κ3) is 4.71. The first-order valence-electron chi connectivity index (χ1n) is 8.25. The van der Waals surface area contributed by atoms with E-state index in [1.165, 1.54) is 6.08 Å². The van der Waals surface area contributed by atoms with Crippen LogP contribution in [0.3, 0.4) is 0 Å². The fourth-order valence-electron chi connectivity index (χ4n) is 2.79. The Morgan fingerprint density at radius 3 is 2.62 bits per heavy atom. The summed E-state index contributed by atoms with van der Waals surface area (Å²) < 4.78 is 16.8. The third-order valence-corrected chi connectivity index (χ3v) is 6.19. The van der Waals surface area contributed by atoms with Crippen molar-refractivity contribution >= 4 is 43.5 Å². The van der Waals surface area contributed by atoms with Crippen molar-refractivity contribution in [1.82, 2.24) is 0 Å². The van der Waals surface area contributed by atoms with Crippen molar-refractivity contribution in [3.63, 3.8) is 0 Å². The predicted octanol–water partition coefficient (Wildman–Crippen LogP) is 6.55. The van der Waals surface area contributed by atoms with Crippen LogP contribution in [0.25, 0.3) is 0 Å². The van der Waals surface area contributed by atoms with E-state index in [1.807, 2.05) is 48.5 Å². The minimum atomic E-state index is -1.35. The van der Waals surface area contributed by atoms with E-state index in [2.05, 4.69) is 37.2 Å². The second-order valence-corrected chi connectivity index (χ2v) is 8.14. The number of nitrogens with one attached hydrogen (secondary N) is 1. The molecule has 2 atom stereocenters. The number of para-hydroxylation sites is 1. The van der Waals surface area contributed by atoms with Crippen LogP contribution >= 0.6 is 31.9 Å². The first-order valence-corrected chi connectivity index (χ1v) is 9.83. The van der Waals surface area contributed by atoms with Crippen LogP contribution < -0.4 is 5.32 Å². The van der Waals surface area contributed by atoms with Crippen molar-refractivity contribution in [2.45, 2.75) is 24.9 Å². The maximum absolute atomic E-state index is 14.9. The molecule has 0 aromatic heterocycles. The van der Waals surface area contributed by atoms with Gasteiger partial charge < -0.3 is 5.32 Å². The standard InChI is InChI=1S/C21H18Br2FNO/c1-14(11-20(26)25-16-5-3-2-4-6-16)9-10-21(24)13-17(21)15-7-8-18(22)19(23)12-15/h2-12,17H,13H2,1H3,(H,25,26)/b10-9+,14-11+. The molecule has 0 radical (unpaired) electrons. The van der Waals surface area contributed by atoms with E-state index in [0.29, 0.717) is 12.0 Å². The third-order valence-electron chi connectivity index (χ3n) is 4.31.